The lowest BCUT2D eigenvalue weighted by Gasteiger charge is -2.42. The minimum atomic E-state index is -1.15. The van der Waals surface area contributed by atoms with Gasteiger partial charge >= 0.3 is 11.9 Å². The van der Waals surface area contributed by atoms with Gasteiger partial charge < -0.3 is 14.6 Å². The van der Waals surface area contributed by atoms with E-state index in [9.17, 15) is 19.5 Å². The fraction of sp³-hybridized carbons (Fsp3) is 0.800. The third-order valence-electron chi connectivity index (χ3n) is 3.58. The number of carbonyl (C=O) groups excluding carboxylic acids is 2. The molecule has 0 aromatic rings. The summed E-state index contributed by atoms with van der Waals surface area (Å²) >= 11 is 0. The van der Waals surface area contributed by atoms with E-state index in [4.69, 9.17) is 9.47 Å². The summed E-state index contributed by atoms with van der Waals surface area (Å²) in [5.74, 6) is -2.90. The molecule has 1 rings (SSSR count). The van der Waals surface area contributed by atoms with Crippen molar-refractivity contribution in [3.8, 4) is 0 Å². The summed E-state index contributed by atoms with van der Waals surface area (Å²) in [7, 11) is 2.87. The number of nitrogens with zero attached hydrogens (tertiary/aromatic N) is 2. The molecule has 1 aliphatic rings. The number of hydrazine groups is 1. The largest absolute Gasteiger partial charge is 0.480 e. The van der Waals surface area contributed by atoms with Gasteiger partial charge in [0, 0.05) is 20.7 Å². The van der Waals surface area contributed by atoms with Crippen LogP contribution >= 0.6 is 0 Å². The summed E-state index contributed by atoms with van der Waals surface area (Å²) in [6, 6.07) is -1.13. The highest BCUT2D eigenvalue weighted by molar-refractivity contribution is 5.85. The molecule has 1 saturated heterocycles. The molecule has 132 valence electrons. The number of amides is 1. The summed E-state index contributed by atoms with van der Waals surface area (Å²) < 4.78 is 10.1. The van der Waals surface area contributed by atoms with E-state index in [-0.39, 0.29) is 12.5 Å². The van der Waals surface area contributed by atoms with Gasteiger partial charge in [0.1, 0.15) is 18.2 Å². The van der Waals surface area contributed by atoms with E-state index >= 15 is 0 Å². The third kappa shape index (κ3) is 5.18. The van der Waals surface area contributed by atoms with E-state index in [0.29, 0.717) is 19.4 Å². The molecule has 8 nitrogen and oxygen atoms in total. The highest BCUT2D eigenvalue weighted by atomic mass is 16.6. The third-order valence-corrected chi connectivity index (χ3v) is 3.58. The summed E-state index contributed by atoms with van der Waals surface area (Å²) in [5, 5.41) is 12.2. The molecule has 0 saturated carbocycles. The van der Waals surface area contributed by atoms with E-state index in [0.717, 1.165) is 0 Å². The van der Waals surface area contributed by atoms with Gasteiger partial charge in [0.15, 0.2) is 0 Å². The highest BCUT2D eigenvalue weighted by Gasteiger charge is 2.45. The Labute approximate surface area is 136 Å². The van der Waals surface area contributed by atoms with Gasteiger partial charge in [0.25, 0.3) is 5.91 Å². The predicted molar refractivity (Wildman–Crippen MR) is 81.3 cm³/mol. The number of hydrogen-bond acceptors (Lipinski definition) is 6. The Morgan fingerprint density at radius 1 is 1.30 bits per heavy atom. The zero-order valence-electron chi connectivity index (χ0n) is 14.4. The number of carboxylic acid groups (broad SMARTS) is 1. The van der Waals surface area contributed by atoms with Crippen LogP contribution in [0.4, 0.5) is 0 Å². The van der Waals surface area contributed by atoms with Crippen LogP contribution in [0.1, 0.15) is 33.6 Å². The van der Waals surface area contributed by atoms with Crippen molar-refractivity contribution in [1.29, 1.82) is 0 Å². The molecule has 1 fully saturated rings. The van der Waals surface area contributed by atoms with Gasteiger partial charge in [0.2, 0.25) is 0 Å². The number of likely N-dealkylation sites (N-methyl/N-ethyl adjacent to an activating group) is 1. The Balaban J connectivity index is 2.98. The van der Waals surface area contributed by atoms with E-state index < -0.39 is 29.5 Å². The topological polar surface area (TPSA) is 96.4 Å². The average Bonchev–Trinajstić information content (AvgIpc) is 2.43. The molecule has 1 amide bonds. The zero-order valence-corrected chi connectivity index (χ0v) is 14.4. The second kappa shape index (κ2) is 7.74. The molecule has 0 aromatic carbocycles. The number of carboxylic acids is 1. The molecule has 0 spiro atoms. The first-order valence-electron chi connectivity index (χ1n) is 7.56. The molecule has 2 atom stereocenters. The first-order valence-corrected chi connectivity index (χ1v) is 7.56. The van der Waals surface area contributed by atoms with Crippen LogP contribution in [0.2, 0.25) is 0 Å². The molecule has 0 aliphatic carbocycles. The Kier molecular flexibility index (Phi) is 6.52. The molecule has 8 heteroatoms. The van der Waals surface area contributed by atoms with Gasteiger partial charge in [0.05, 0.1) is 5.92 Å². The van der Waals surface area contributed by atoms with E-state index in [1.165, 1.54) is 24.2 Å². The van der Waals surface area contributed by atoms with Gasteiger partial charge in [-0.25, -0.2) is 5.01 Å². The first-order chi connectivity index (χ1) is 10.6. The lowest BCUT2D eigenvalue weighted by molar-refractivity contribution is -0.184. The molecular formula is C15H26N2O6. The van der Waals surface area contributed by atoms with Gasteiger partial charge in [-0.3, -0.25) is 19.4 Å². The molecule has 0 bridgehead atoms. The monoisotopic (exact) mass is 330 g/mol. The van der Waals surface area contributed by atoms with Crippen LogP contribution in [0, 0.1) is 5.92 Å². The van der Waals surface area contributed by atoms with Crippen molar-refractivity contribution in [2.24, 2.45) is 5.92 Å². The SMILES string of the molecule is COCC(=O)N(C)N1CCCC(C(=O)OC(C)(C)C)C1C(=O)O. The maximum Gasteiger partial charge on any atom is 0.323 e. The first kappa shape index (κ1) is 19.4. The fourth-order valence-corrected chi connectivity index (χ4v) is 2.60. The van der Waals surface area contributed by atoms with Crippen LogP contribution < -0.4 is 0 Å². The second-order valence-electron chi connectivity index (χ2n) is 6.58. The van der Waals surface area contributed by atoms with Gasteiger partial charge in [-0.15, -0.1) is 0 Å². The van der Waals surface area contributed by atoms with Crippen LogP contribution in [0.15, 0.2) is 0 Å². The Morgan fingerprint density at radius 3 is 2.39 bits per heavy atom. The maximum atomic E-state index is 12.4. The van der Waals surface area contributed by atoms with E-state index in [1.54, 1.807) is 20.8 Å². The average molecular weight is 330 g/mol. The van der Waals surface area contributed by atoms with Crippen molar-refractivity contribution in [3.05, 3.63) is 0 Å². The molecule has 0 radical (unpaired) electrons. The molecule has 23 heavy (non-hydrogen) atoms. The van der Waals surface area contributed by atoms with Gasteiger partial charge in [-0.1, -0.05) is 0 Å². The Bertz CT molecular complexity index is 459. The Hall–Kier alpha value is -1.67. The maximum absolute atomic E-state index is 12.4. The summed E-state index contributed by atoms with van der Waals surface area (Å²) in [6.07, 6.45) is 1.01. The molecule has 1 heterocycles. The quantitative estimate of drug-likeness (QED) is 0.734. The highest BCUT2D eigenvalue weighted by Crippen LogP contribution is 2.28. The zero-order chi connectivity index (χ0) is 17.8. The number of rotatable bonds is 5. The number of aliphatic carboxylic acids is 1. The van der Waals surface area contributed by atoms with Crippen LogP contribution in [-0.4, -0.2) is 71.9 Å². The van der Waals surface area contributed by atoms with Gasteiger partial charge in [-0.05, 0) is 33.6 Å². The number of carbonyl (C=O) groups is 3. The van der Waals surface area contributed by atoms with Crippen LogP contribution in [0.5, 0.6) is 0 Å². The molecule has 1 aliphatic heterocycles. The fourth-order valence-electron chi connectivity index (χ4n) is 2.60. The minimum Gasteiger partial charge on any atom is -0.480 e. The van der Waals surface area contributed by atoms with Crippen LogP contribution in [0.25, 0.3) is 0 Å². The molecule has 0 aromatic heterocycles. The van der Waals surface area contributed by atoms with Crippen molar-refractivity contribution in [2.45, 2.75) is 45.3 Å². The lowest BCUT2D eigenvalue weighted by atomic mass is 9.90. The number of piperidine rings is 1. The van der Waals surface area contributed by atoms with Crippen molar-refractivity contribution in [1.82, 2.24) is 10.0 Å². The molecule has 2 unspecified atom stereocenters. The van der Waals surface area contributed by atoms with Crippen molar-refractivity contribution in [2.75, 3.05) is 27.3 Å². The van der Waals surface area contributed by atoms with Crippen molar-refractivity contribution >= 4 is 17.8 Å². The van der Waals surface area contributed by atoms with E-state index in [1.807, 2.05) is 0 Å². The normalized spacial score (nSPS) is 22.5. The number of methoxy groups -OCH3 is 1. The lowest BCUT2D eigenvalue weighted by Crippen LogP contribution is -2.60. The Morgan fingerprint density at radius 2 is 1.91 bits per heavy atom. The minimum absolute atomic E-state index is 0.156. The van der Waals surface area contributed by atoms with Crippen LogP contribution in [0.3, 0.4) is 0 Å². The van der Waals surface area contributed by atoms with Gasteiger partial charge in [-0.2, -0.15) is 0 Å². The number of hydrogen-bond donors (Lipinski definition) is 1. The van der Waals surface area contributed by atoms with Crippen LogP contribution in [-0.2, 0) is 23.9 Å². The predicted octanol–water partition coefficient (Wildman–Crippen LogP) is 0.513. The number of ether oxygens (including phenoxy) is 2. The molecular weight excluding hydrogens is 304 g/mol. The smallest absolute Gasteiger partial charge is 0.323 e. The van der Waals surface area contributed by atoms with E-state index in [2.05, 4.69) is 0 Å². The standard InChI is InChI=1S/C15H26N2O6/c1-15(2,3)23-14(21)10-7-6-8-17(12(10)13(19)20)16(4)11(18)9-22-5/h10,12H,6-9H2,1-5H3,(H,19,20). The summed E-state index contributed by atoms with van der Waals surface area (Å²) in [5.41, 5.74) is -0.694. The number of esters is 1. The summed E-state index contributed by atoms with van der Waals surface area (Å²) in [4.78, 5) is 36.0. The molecule has 1 N–H and O–H groups in total. The summed E-state index contributed by atoms with van der Waals surface area (Å²) in [6.45, 7) is 5.42. The van der Waals surface area contributed by atoms with Crippen molar-refractivity contribution in [3.63, 3.8) is 0 Å². The van der Waals surface area contributed by atoms with Crippen molar-refractivity contribution < 1.29 is 29.0 Å². The second-order valence-corrected chi connectivity index (χ2v) is 6.58.